The van der Waals surface area contributed by atoms with Gasteiger partial charge in [-0.1, -0.05) is 0 Å². The van der Waals surface area contributed by atoms with Crippen molar-refractivity contribution in [2.24, 2.45) is 7.05 Å². The van der Waals surface area contributed by atoms with Crippen molar-refractivity contribution in [1.29, 1.82) is 0 Å². The molecule has 2 aromatic heterocycles. The highest BCUT2D eigenvalue weighted by Crippen LogP contribution is 2.41. The average Bonchev–Trinajstić information content (AvgIpc) is 2.93. The van der Waals surface area contributed by atoms with E-state index in [0.29, 0.717) is 5.92 Å². The molecule has 1 aliphatic rings. The number of hydrogen-bond acceptors (Lipinski definition) is 3. The highest BCUT2D eigenvalue weighted by molar-refractivity contribution is 9.11. The van der Waals surface area contributed by atoms with Gasteiger partial charge in [0.15, 0.2) is 0 Å². The Kier molecular flexibility index (Phi) is 2.86. The van der Waals surface area contributed by atoms with Gasteiger partial charge in [-0.25, -0.2) is 0 Å². The minimum Gasteiger partial charge on any atom is -0.317 e. The van der Waals surface area contributed by atoms with Crippen molar-refractivity contribution < 1.29 is 0 Å². The normalized spacial score (nSPS) is 16.2. The summed E-state index contributed by atoms with van der Waals surface area (Å²) < 4.78 is 3.35. The van der Waals surface area contributed by atoms with Gasteiger partial charge in [-0.2, -0.15) is 0 Å². The second-order valence-electron chi connectivity index (χ2n) is 5.44. The number of rotatable bonds is 3. The SMILES string of the molecule is Cn1c(C2CC2)nnc1C(C)(C)c1ccc(Br)s1. The zero-order valence-electron chi connectivity index (χ0n) is 10.8. The molecule has 2 heterocycles. The summed E-state index contributed by atoms with van der Waals surface area (Å²) in [4.78, 5) is 1.31. The Morgan fingerprint density at radius 3 is 2.61 bits per heavy atom. The fourth-order valence-electron chi connectivity index (χ4n) is 2.34. The second-order valence-corrected chi connectivity index (χ2v) is 7.91. The van der Waals surface area contributed by atoms with Gasteiger partial charge in [0.05, 0.1) is 9.20 Å². The summed E-state index contributed by atoms with van der Waals surface area (Å²) in [5.41, 5.74) is -0.0917. The quantitative estimate of drug-likeness (QED) is 0.858. The first-order valence-electron chi connectivity index (χ1n) is 6.15. The van der Waals surface area contributed by atoms with Crippen LogP contribution >= 0.6 is 27.3 Å². The minimum atomic E-state index is -0.0917. The standard InChI is InChI=1S/C13H16BrN3S/c1-13(2,9-6-7-10(14)18-9)12-16-15-11(17(12)3)8-4-5-8/h6-8H,4-5H2,1-3H3. The molecular formula is C13H16BrN3S. The van der Waals surface area contributed by atoms with Crippen LogP contribution in [0.3, 0.4) is 0 Å². The van der Waals surface area contributed by atoms with Crippen LogP contribution in [-0.4, -0.2) is 14.8 Å². The van der Waals surface area contributed by atoms with E-state index in [0.717, 1.165) is 15.4 Å². The Labute approximate surface area is 119 Å². The van der Waals surface area contributed by atoms with Gasteiger partial charge in [-0.3, -0.25) is 0 Å². The summed E-state index contributed by atoms with van der Waals surface area (Å²) >= 11 is 5.30. The summed E-state index contributed by atoms with van der Waals surface area (Å²) in [6.45, 7) is 4.43. The molecule has 0 N–H and O–H groups in total. The maximum Gasteiger partial charge on any atom is 0.143 e. The van der Waals surface area contributed by atoms with Gasteiger partial charge in [0.2, 0.25) is 0 Å². The Balaban J connectivity index is 2.02. The lowest BCUT2D eigenvalue weighted by Crippen LogP contribution is -2.22. The largest absolute Gasteiger partial charge is 0.317 e. The van der Waals surface area contributed by atoms with Crippen molar-refractivity contribution in [3.05, 3.63) is 32.4 Å². The van der Waals surface area contributed by atoms with Crippen LogP contribution in [-0.2, 0) is 12.5 Å². The van der Waals surface area contributed by atoms with Crippen molar-refractivity contribution in [2.75, 3.05) is 0 Å². The van der Waals surface area contributed by atoms with Crippen molar-refractivity contribution in [3.63, 3.8) is 0 Å². The van der Waals surface area contributed by atoms with E-state index >= 15 is 0 Å². The topological polar surface area (TPSA) is 30.7 Å². The minimum absolute atomic E-state index is 0.0917. The van der Waals surface area contributed by atoms with Crippen molar-refractivity contribution in [2.45, 2.75) is 38.0 Å². The number of halogens is 1. The lowest BCUT2D eigenvalue weighted by molar-refractivity contribution is 0.565. The Morgan fingerprint density at radius 2 is 2.06 bits per heavy atom. The van der Waals surface area contributed by atoms with E-state index in [9.17, 15) is 0 Å². The van der Waals surface area contributed by atoms with Crippen molar-refractivity contribution in [1.82, 2.24) is 14.8 Å². The monoisotopic (exact) mass is 325 g/mol. The number of hydrogen-bond donors (Lipinski definition) is 0. The van der Waals surface area contributed by atoms with Crippen LogP contribution in [0.25, 0.3) is 0 Å². The summed E-state index contributed by atoms with van der Waals surface area (Å²) in [6, 6.07) is 4.26. The molecule has 0 atom stereocenters. The summed E-state index contributed by atoms with van der Waals surface area (Å²) in [6.07, 6.45) is 2.52. The first-order chi connectivity index (χ1) is 8.50. The molecule has 1 fully saturated rings. The summed E-state index contributed by atoms with van der Waals surface area (Å²) in [7, 11) is 2.09. The summed E-state index contributed by atoms with van der Waals surface area (Å²) in [5.74, 6) is 2.84. The van der Waals surface area contributed by atoms with Gasteiger partial charge < -0.3 is 4.57 Å². The predicted molar refractivity (Wildman–Crippen MR) is 77.1 cm³/mol. The van der Waals surface area contributed by atoms with E-state index in [1.165, 1.54) is 17.7 Å². The maximum atomic E-state index is 4.44. The van der Waals surface area contributed by atoms with E-state index in [4.69, 9.17) is 0 Å². The average molecular weight is 326 g/mol. The van der Waals surface area contributed by atoms with Crippen LogP contribution in [0.2, 0.25) is 0 Å². The third kappa shape index (κ3) is 1.93. The maximum absolute atomic E-state index is 4.44. The third-order valence-corrected chi connectivity index (χ3v) is 5.55. The molecule has 0 aliphatic heterocycles. The smallest absolute Gasteiger partial charge is 0.143 e. The molecule has 2 aromatic rings. The van der Waals surface area contributed by atoms with Crippen molar-refractivity contribution in [3.8, 4) is 0 Å². The highest BCUT2D eigenvalue weighted by Gasteiger charge is 2.35. The van der Waals surface area contributed by atoms with E-state index in [1.54, 1.807) is 11.3 Å². The van der Waals surface area contributed by atoms with Crippen molar-refractivity contribution >= 4 is 27.3 Å². The molecule has 0 radical (unpaired) electrons. The molecule has 0 unspecified atom stereocenters. The van der Waals surface area contributed by atoms with Crippen LogP contribution in [0.1, 0.15) is 49.1 Å². The molecule has 3 nitrogen and oxygen atoms in total. The van der Waals surface area contributed by atoms with E-state index in [1.807, 2.05) is 0 Å². The Morgan fingerprint density at radius 1 is 1.33 bits per heavy atom. The van der Waals surface area contributed by atoms with Gasteiger partial charge >= 0.3 is 0 Å². The molecule has 0 saturated heterocycles. The fraction of sp³-hybridized carbons (Fsp3) is 0.538. The van der Waals surface area contributed by atoms with Gasteiger partial charge in [-0.05, 0) is 54.8 Å². The molecule has 0 spiro atoms. The second kappa shape index (κ2) is 4.17. The van der Waals surface area contributed by atoms with E-state index < -0.39 is 0 Å². The molecule has 18 heavy (non-hydrogen) atoms. The van der Waals surface area contributed by atoms with Crippen LogP contribution in [0.4, 0.5) is 0 Å². The third-order valence-electron chi connectivity index (χ3n) is 3.60. The van der Waals surface area contributed by atoms with Gasteiger partial charge in [0.1, 0.15) is 11.6 Å². The van der Waals surface area contributed by atoms with Gasteiger partial charge in [0.25, 0.3) is 0 Å². The van der Waals surface area contributed by atoms with Crippen LogP contribution in [0.15, 0.2) is 15.9 Å². The van der Waals surface area contributed by atoms with E-state index in [-0.39, 0.29) is 5.41 Å². The molecule has 0 aromatic carbocycles. The molecule has 1 saturated carbocycles. The molecule has 1 aliphatic carbocycles. The molecule has 0 bridgehead atoms. The molecule has 3 rings (SSSR count). The first kappa shape index (κ1) is 12.4. The van der Waals surface area contributed by atoms with Crippen LogP contribution in [0, 0.1) is 0 Å². The Hall–Kier alpha value is -0.680. The zero-order chi connectivity index (χ0) is 12.9. The number of thiophene rings is 1. The predicted octanol–water partition coefficient (Wildman–Crippen LogP) is 3.84. The molecule has 0 amide bonds. The van der Waals surface area contributed by atoms with Crippen LogP contribution < -0.4 is 0 Å². The van der Waals surface area contributed by atoms with Crippen LogP contribution in [0.5, 0.6) is 0 Å². The number of aromatic nitrogens is 3. The van der Waals surface area contributed by atoms with Gasteiger partial charge in [-0.15, -0.1) is 21.5 Å². The zero-order valence-corrected chi connectivity index (χ0v) is 13.2. The lowest BCUT2D eigenvalue weighted by atomic mass is 9.90. The molecule has 5 heteroatoms. The van der Waals surface area contributed by atoms with Gasteiger partial charge in [0, 0.05) is 17.8 Å². The molecule has 96 valence electrons. The highest BCUT2D eigenvalue weighted by atomic mass is 79.9. The lowest BCUT2D eigenvalue weighted by Gasteiger charge is -2.22. The Bertz CT molecular complexity index is 581. The fourth-order valence-corrected chi connectivity index (χ4v) is 3.83. The molecular weight excluding hydrogens is 310 g/mol. The van der Waals surface area contributed by atoms with E-state index in [2.05, 4.69) is 63.7 Å². The summed E-state index contributed by atoms with van der Waals surface area (Å²) in [5, 5.41) is 8.82. The number of nitrogens with zero attached hydrogens (tertiary/aromatic N) is 3. The first-order valence-corrected chi connectivity index (χ1v) is 7.76.